The van der Waals surface area contributed by atoms with Crippen molar-refractivity contribution in [1.82, 2.24) is 9.97 Å². The molecule has 0 spiro atoms. The van der Waals surface area contributed by atoms with Crippen LogP contribution in [-0.2, 0) is 6.42 Å². The molecule has 1 N–H and O–H groups in total. The van der Waals surface area contributed by atoms with E-state index in [-0.39, 0.29) is 0 Å². The van der Waals surface area contributed by atoms with Gasteiger partial charge in [-0.15, -0.1) is 0 Å². The minimum Gasteiger partial charge on any atom is -0.497 e. The number of hydrogen-bond acceptors (Lipinski definition) is 6. The van der Waals surface area contributed by atoms with Crippen molar-refractivity contribution in [3.05, 3.63) is 36.2 Å². The fraction of sp³-hybridized carbons (Fsp3) is 0.375. The zero-order valence-corrected chi connectivity index (χ0v) is 12.7. The predicted molar refractivity (Wildman–Crippen MR) is 82.8 cm³/mol. The fourth-order valence-electron chi connectivity index (χ4n) is 2.47. The molecule has 3 rings (SSSR count). The van der Waals surface area contributed by atoms with Crippen LogP contribution in [0.1, 0.15) is 5.56 Å². The third-order valence-electron chi connectivity index (χ3n) is 3.68. The highest BCUT2D eigenvalue weighted by Gasteiger charge is 2.20. The number of methoxy groups -OCH3 is 2. The summed E-state index contributed by atoms with van der Waals surface area (Å²) in [5, 5.41) is 3.31. The van der Waals surface area contributed by atoms with Crippen molar-refractivity contribution in [2.75, 3.05) is 32.7 Å². The minimum atomic E-state index is 0.391. The summed E-state index contributed by atoms with van der Waals surface area (Å²) in [7, 11) is 3.25. The van der Waals surface area contributed by atoms with E-state index in [0.717, 1.165) is 30.3 Å². The lowest BCUT2D eigenvalue weighted by molar-refractivity contribution is 0.228. The van der Waals surface area contributed by atoms with Crippen LogP contribution in [0.2, 0.25) is 0 Å². The average Bonchev–Trinajstić information content (AvgIpc) is 2.59. The quantitative estimate of drug-likeness (QED) is 0.913. The first-order valence-corrected chi connectivity index (χ1v) is 7.18. The summed E-state index contributed by atoms with van der Waals surface area (Å²) in [6.45, 7) is 1.46. The van der Waals surface area contributed by atoms with Gasteiger partial charge < -0.3 is 19.5 Å². The number of nitrogens with zero attached hydrogens (tertiary/aromatic N) is 2. The van der Waals surface area contributed by atoms with Crippen LogP contribution in [0.15, 0.2) is 30.6 Å². The molecule has 6 heteroatoms. The second-order valence-corrected chi connectivity index (χ2v) is 5.18. The lowest BCUT2D eigenvalue weighted by Crippen LogP contribution is -2.27. The van der Waals surface area contributed by atoms with Crippen LogP contribution < -0.4 is 19.5 Å². The Bertz CT molecular complexity index is 648. The summed E-state index contributed by atoms with van der Waals surface area (Å²) in [6.07, 6.45) is 2.45. The molecule has 0 saturated carbocycles. The first-order valence-electron chi connectivity index (χ1n) is 7.18. The standard InChI is InChI=1S/C16H19N3O3/c1-20-13-4-3-12-5-11(9-22-14(12)6-13)8-17-15-7-16(21-2)19-10-18-15/h3-4,6-7,10-11H,5,8-9H2,1-2H3,(H,17,18,19)/t11-/m1/s1. The van der Waals surface area contributed by atoms with Crippen molar-refractivity contribution in [3.8, 4) is 17.4 Å². The topological polar surface area (TPSA) is 65.5 Å². The molecule has 2 aromatic rings. The molecule has 116 valence electrons. The minimum absolute atomic E-state index is 0.391. The van der Waals surface area contributed by atoms with E-state index in [1.54, 1.807) is 20.3 Å². The molecule has 1 aromatic carbocycles. The largest absolute Gasteiger partial charge is 0.497 e. The predicted octanol–water partition coefficient (Wildman–Crippen LogP) is 2.16. The van der Waals surface area contributed by atoms with E-state index in [0.29, 0.717) is 18.4 Å². The number of fused-ring (bicyclic) bond motifs is 1. The number of benzene rings is 1. The zero-order chi connectivity index (χ0) is 15.4. The van der Waals surface area contributed by atoms with Crippen LogP contribution in [0.3, 0.4) is 0 Å². The van der Waals surface area contributed by atoms with Crippen molar-refractivity contribution in [1.29, 1.82) is 0 Å². The van der Waals surface area contributed by atoms with Crippen molar-refractivity contribution < 1.29 is 14.2 Å². The number of aromatic nitrogens is 2. The van der Waals surface area contributed by atoms with Crippen LogP contribution in [0.25, 0.3) is 0 Å². The Morgan fingerprint density at radius 2 is 2.14 bits per heavy atom. The van der Waals surface area contributed by atoms with Gasteiger partial charge in [-0.3, -0.25) is 0 Å². The van der Waals surface area contributed by atoms with E-state index in [2.05, 4.69) is 21.4 Å². The Kier molecular flexibility index (Phi) is 4.27. The number of rotatable bonds is 5. The number of ether oxygens (including phenoxy) is 3. The molecular weight excluding hydrogens is 282 g/mol. The van der Waals surface area contributed by atoms with Crippen LogP contribution >= 0.6 is 0 Å². The molecule has 0 radical (unpaired) electrons. The van der Waals surface area contributed by atoms with E-state index in [4.69, 9.17) is 14.2 Å². The Morgan fingerprint density at radius 3 is 2.95 bits per heavy atom. The van der Waals surface area contributed by atoms with E-state index in [1.165, 1.54) is 11.9 Å². The smallest absolute Gasteiger partial charge is 0.218 e. The number of nitrogens with one attached hydrogen (secondary N) is 1. The van der Waals surface area contributed by atoms with Crippen molar-refractivity contribution >= 4 is 5.82 Å². The first kappa shape index (κ1) is 14.4. The third kappa shape index (κ3) is 3.21. The second-order valence-electron chi connectivity index (χ2n) is 5.18. The van der Waals surface area contributed by atoms with Crippen LogP contribution in [-0.4, -0.2) is 37.3 Å². The summed E-state index contributed by atoms with van der Waals surface area (Å²) in [5.74, 6) is 3.44. The molecule has 0 aliphatic carbocycles. The fourth-order valence-corrected chi connectivity index (χ4v) is 2.47. The molecule has 0 fully saturated rings. The average molecular weight is 301 g/mol. The molecule has 6 nitrogen and oxygen atoms in total. The van der Waals surface area contributed by atoms with Gasteiger partial charge in [0.15, 0.2) is 0 Å². The Morgan fingerprint density at radius 1 is 1.23 bits per heavy atom. The highest BCUT2D eigenvalue weighted by atomic mass is 16.5. The van der Waals surface area contributed by atoms with E-state index >= 15 is 0 Å². The Hall–Kier alpha value is -2.50. The SMILES string of the molecule is COc1ccc2c(c1)OC[C@@H](CNc1cc(OC)ncn1)C2. The van der Waals surface area contributed by atoms with Gasteiger partial charge in [0.25, 0.3) is 0 Å². The molecule has 0 saturated heterocycles. The lowest BCUT2D eigenvalue weighted by atomic mass is 9.96. The molecule has 1 aliphatic rings. The molecule has 0 bridgehead atoms. The lowest BCUT2D eigenvalue weighted by Gasteiger charge is -2.26. The highest BCUT2D eigenvalue weighted by molar-refractivity contribution is 5.42. The van der Waals surface area contributed by atoms with Crippen LogP contribution in [0, 0.1) is 5.92 Å². The van der Waals surface area contributed by atoms with Gasteiger partial charge in [0, 0.05) is 24.6 Å². The van der Waals surface area contributed by atoms with E-state index in [1.807, 2.05) is 12.1 Å². The van der Waals surface area contributed by atoms with Gasteiger partial charge in [-0.25, -0.2) is 9.97 Å². The van der Waals surface area contributed by atoms with Crippen molar-refractivity contribution in [2.24, 2.45) is 5.92 Å². The maximum Gasteiger partial charge on any atom is 0.218 e. The van der Waals surface area contributed by atoms with Gasteiger partial charge in [-0.1, -0.05) is 6.07 Å². The maximum absolute atomic E-state index is 5.83. The monoisotopic (exact) mass is 301 g/mol. The Labute approximate surface area is 129 Å². The van der Waals surface area contributed by atoms with E-state index < -0.39 is 0 Å². The van der Waals surface area contributed by atoms with Crippen molar-refractivity contribution in [2.45, 2.75) is 6.42 Å². The molecule has 0 amide bonds. The van der Waals surface area contributed by atoms with Gasteiger partial charge in [0.2, 0.25) is 5.88 Å². The molecule has 1 aliphatic heterocycles. The molecule has 1 atom stereocenters. The highest BCUT2D eigenvalue weighted by Crippen LogP contribution is 2.31. The van der Waals surface area contributed by atoms with Gasteiger partial charge in [-0.2, -0.15) is 0 Å². The third-order valence-corrected chi connectivity index (χ3v) is 3.68. The zero-order valence-electron chi connectivity index (χ0n) is 12.7. The normalized spacial score (nSPS) is 16.4. The molecular formula is C16H19N3O3. The maximum atomic E-state index is 5.83. The summed E-state index contributed by atoms with van der Waals surface area (Å²) in [6, 6.07) is 7.75. The molecule has 1 aromatic heterocycles. The summed E-state index contributed by atoms with van der Waals surface area (Å²) in [5.41, 5.74) is 1.21. The number of hydrogen-bond donors (Lipinski definition) is 1. The van der Waals surface area contributed by atoms with Crippen LogP contribution in [0.4, 0.5) is 5.82 Å². The van der Waals surface area contributed by atoms with Crippen molar-refractivity contribution in [3.63, 3.8) is 0 Å². The molecule has 0 unspecified atom stereocenters. The van der Waals surface area contributed by atoms with Gasteiger partial charge >= 0.3 is 0 Å². The molecule has 22 heavy (non-hydrogen) atoms. The van der Waals surface area contributed by atoms with Crippen LogP contribution in [0.5, 0.6) is 17.4 Å². The summed E-state index contributed by atoms with van der Waals surface area (Å²) >= 11 is 0. The molecule has 2 heterocycles. The van der Waals surface area contributed by atoms with Gasteiger partial charge in [-0.05, 0) is 18.1 Å². The van der Waals surface area contributed by atoms with E-state index in [9.17, 15) is 0 Å². The van der Waals surface area contributed by atoms with Gasteiger partial charge in [0.05, 0.1) is 20.8 Å². The first-order chi connectivity index (χ1) is 10.8. The summed E-state index contributed by atoms with van der Waals surface area (Å²) in [4.78, 5) is 8.17. The Balaban J connectivity index is 1.60. The van der Waals surface area contributed by atoms with Gasteiger partial charge in [0.1, 0.15) is 23.6 Å². The number of anilines is 1. The second kappa shape index (κ2) is 6.51. The summed E-state index contributed by atoms with van der Waals surface area (Å²) < 4.78 is 16.1.